The molecule has 0 radical (unpaired) electrons. The molecule has 0 aliphatic heterocycles. The molecule has 0 bridgehead atoms. The summed E-state index contributed by atoms with van der Waals surface area (Å²) in [5, 5.41) is 15.5. The first-order chi connectivity index (χ1) is 15.4. The molecule has 168 valence electrons. The highest BCUT2D eigenvalue weighted by molar-refractivity contribution is 7.18. The molecule has 0 fully saturated rings. The largest absolute Gasteiger partial charge is 0.497 e. The summed E-state index contributed by atoms with van der Waals surface area (Å²) in [5.74, 6) is 0.121. The highest BCUT2D eigenvalue weighted by Gasteiger charge is 2.27. The van der Waals surface area contributed by atoms with E-state index in [-0.39, 0.29) is 24.2 Å². The van der Waals surface area contributed by atoms with Crippen LogP contribution in [0.1, 0.15) is 25.8 Å². The molecule has 32 heavy (non-hydrogen) atoms. The quantitative estimate of drug-likeness (QED) is 0.475. The zero-order valence-electron chi connectivity index (χ0n) is 18.1. The topological polar surface area (TPSA) is 93.2 Å². The zero-order valence-corrected chi connectivity index (χ0v) is 19.7. The van der Waals surface area contributed by atoms with Gasteiger partial charge in [0.2, 0.25) is 16.9 Å². The van der Waals surface area contributed by atoms with Crippen LogP contribution in [0.4, 0.5) is 5.13 Å². The summed E-state index contributed by atoms with van der Waals surface area (Å²) in [6.45, 7) is 3.90. The number of amides is 2. The number of carbonyl (C=O) groups excluding carboxylic acids is 2. The Hall–Kier alpha value is -2.97. The van der Waals surface area contributed by atoms with Crippen LogP contribution in [-0.2, 0) is 16.0 Å². The van der Waals surface area contributed by atoms with Crippen molar-refractivity contribution in [3.05, 3.63) is 59.1 Å². The summed E-state index contributed by atoms with van der Waals surface area (Å²) < 4.78 is 5.14. The molecule has 0 saturated carbocycles. The Labute approximate surface area is 196 Å². The third kappa shape index (κ3) is 6.27. The van der Waals surface area contributed by atoms with Crippen molar-refractivity contribution in [2.45, 2.75) is 32.7 Å². The van der Waals surface area contributed by atoms with Gasteiger partial charge in [0.15, 0.2) is 0 Å². The number of benzene rings is 2. The average Bonchev–Trinajstić information content (AvgIpc) is 3.26. The highest BCUT2D eigenvalue weighted by atomic mass is 35.5. The number of nitrogens with one attached hydrogen (secondary N) is 2. The van der Waals surface area contributed by atoms with Gasteiger partial charge in [-0.15, -0.1) is 10.2 Å². The van der Waals surface area contributed by atoms with Gasteiger partial charge in [0.05, 0.1) is 13.5 Å². The third-order valence-electron chi connectivity index (χ3n) is 5.08. The molecule has 1 heterocycles. The summed E-state index contributed by atoms with van der Waals surface area (Å²) in [5.41, 5.74) is 1.70. The fraction of sp³-hybridized carbons (Fsp3) is 0.304. The normalized spacial score (nSPS) is 12.6. The number of ether oxygens (including phenoxy) is 1. The first kappa shape index (κ1) is 23.7. The Morgan fingerprint density at radius 2 is 1.78 bits per heavy atom. The van der Waals surface area contributed by atoms with E-state index in [1.54, 1.807) is 31.4 Å². The minimum atomic E-state index is -0.686. The van der Waals surface area contributed by atoms with E-state index in [1.165, 1.54) is 11.3 Å². The van der Waals surface area contributed by atoms with E-state index in [0.29, 0.717) is 15.2 Å². The van der Waals surface area contributed by atoms with E-state index < -0.39 is 6.04 Å². The lowest BCUT2D eigenvalue weighted by Gasteiger charge is -2.23. The molecule has 0 saturated heterocycles. The van der Waals surface area contributed by atoms with Gasteiger partial charge >= 0.3 is 0 Å². The highest BCUT2D eigenvalue weighted by Crippen LogP contribution is 2.27. The summed E-state index contributed by atoms with van der Waals surface area (Å²) >= 11 is 7.19. The first-order valence-electron chi connectivity index (χ1n) is 10.2. The molecule has 3 aromatic rings. The zero-order chi connectivity index (χ0) is 23.1. The van der Waals surface area contributed by atoms with Crippen molar-refractivity contribution in [3.63, 3.8) is 0 Å². The number of anilines is 1. The van der Waals surface area contributed by atoms with Gasteiger partial charge in [-0.2, -0.15) is 0 Å². The van der Waals surface area contributed by atoms with Crippen molar-refractivity contribution >= 4 is 39.9 Å². The van der Waals surface area contributed by atoms with E-state index in [0.717, 1.165) is 23.3 Å². The van der Waals surface area contributed by atoms with Crippen molar-refractivity contribution < 1.29 is 14.3 Å². The number of rotatable bonds is 9. The fourth-order valence-corrected chi connectivity index (χ4v) is 3.90. The number of hydrogen-bond donors (Lipinski definition) is 2. The number of nitrogens with zero attached hydrogens (tertiary/aromatic N) is 2. The van der Waals surface area contributed by atoms with Gasteiger partial charge < -0.3 is 10.1 Å². The van der Waals surface area contributed by atoms with Gasteiger partial charge in [0.1, 0.15) is 16.8 Å². The second-order valence-corrected chi connectivity index (χ2v) is 8.78. The van der Waals surface area contributed by atoms with Gasteiger partial charge in [-0.25, -0.2) is 0 Å². The lowest BCUT2D eigenvalue weighted by atomic mass is 9.98. The number of aromatic nitrogens is 2. The van der Waals surface area contributed by atoms with Crippen LogP contribution < -0.4 is 15.4 Å². The van der Waals surface area contributed by atoms with Crippen LogP contribution in [0.25, 0.3) is 10.6 Å². The van der Waals surface area contributed by atoms with Crippen molar-refractivity contribution in [2.24, 2.45) is 5.92 Å². The van der Waals surface area contributed by atoms with Crippen LogP contribution >= 0.6 is 22.9 Å². The SMILES string of the molecule is CCC(C)C(NC(=O)Cc1ccc(OC)cc1)C(=O)Nc1nnc(-c2ccc(Cl)cc2)s1. The van der Waals surface area contributed by atoms with Crippen LogP contribution in [0.15, 0.2) is 48.5 Å². The van der Waals surface area contributed by atoms with E-state index in [9.17, 15) is 9.59 Å². The molecule has 9 heteroatoms. The molecule has 0 aliphatic rings. The van der Waals surface area contributed by atoms with Crippen molar-refractivity contribution in [3.8, 4) is 16.3 Å². The molecule has 2 unspecified atom stereocenters. The molecule has 2 atom stereocenters. The number of halogens is 1. The monoisotopic (exact) mass is 472 g/mol. The number of methoxy groups -OCH3 is 1. The molecule has 7 nitrogen and oxygen atoms in total. The molecule has 3 rings (SSSR count). The average molecular weight is 473 g/mol. The van der Waals surface area contributed by atoms with Crippen LogP contribution in [0.5, 0.6) is 5.75 Å². The van der Waals surface area contributed by atoms with Gasteiger partial charge in [0, 0.05) is 10.6 Å². The van der Waals surface area contributed by atoms with E-state index >= 15 is 0 Å². The van der Waals surface area contributed by atoms with Crippen molar-refractivity contribution in [2.75, 3.05) is 12.4 Å². The molecule has 2 amide bonds. The van der Waals surface area contributed by atoms with E-state index in [2.05, 4.69) is 20.8 Å². The lowest BCUT2D eigenvalue weighted by molar-refractivity contribution is -0.127. The summed E-state index contributed by atoms with van der Waals surface area (Å²) in [7, 11) is 1.59. The predicted molar refractivity (Wildman–Crippen MR) is 127 cm³/mol. The predicted octanol–water partition coefficient (Wildman–Crippen LogP) is 4.58. The molecule has 0 aliphatic carbocycles. The Balaban J connectivity index is 1.65. The molecular formula is C23H25ClN4O3S. The summed E-state index contributed by atoms with van der Waals surface area (Å²) in [4.78, 5) is 25.6. The maximum Gasteiger partial charge on any atom is 0.249 e. The fourth-order valence-electron chi connectivity index (χ4n) is 3.02. The molecule has 0 spiro atoms. The molecular weight excluding hydrogens is 448 g/mol. The van der Waals surface area contributed by atoms with Gasteiger partial charge in [-0.1, -0.05) is 67.5 Å². The first-order valence-corrected chi connectivity index (χ1v) is 11.4. The van der Waals surface area contributed by atoms with Gasteiger partial charge in [0.25, 0.3) is 0 Å². The third-order valence-corrected chi connectivity index (χ3v) is 6.22. The minimum absolute atomic E-state index is 0.0570. The Morgan fingerprint density at radius 1 is 1.09 bits per heavy atom. The smallest absolute Gasteiger partial charge is 0.249 e. The Bertz CT molecular complexity index is 1050. The van der Waals surface area contributed by atoms with Gasteiger partial charge in [-0.05, 0) is 35.7 Å². The van der Waals surface area contributed by atoms with Gasteiger partial charge in [-0.3, -0.25) is 14.9 Å². The van der Waals surface area contributed by atoms with Crippen LogP contribution in [-0.4, -0.2) is 35.2 Å². The molecule has 1 aromatic heterocycles. The second-order valence-electron chi connectivity index (χ2n) is 7.36. The molecule has 2 aromatic carbocycles. The standard InChI is InChI=1S/C23H25ClN4O3S/c1-4-14(2)20(25-19(29)13-15-5-11-18(31-3)12-6-15)21(30)26-23-28-27-22(32-23)16-7-9-17(24)10-8-16/h5-12,14,20H,4,13H2,1-3H3,(H,25,29)(H,26,28,30). The van der Waals surface area contributed by atoms with Crippen LogP contribution in [0.3, 0.4) is 0 Å². The number of hydrogen-bond acceptors (Lipinski definition) is 6. The van der Waals surface area contributed by atoms with Crippen molar-refractivity contribution in [1.29, 1.82) is 0 Å². The summed E-state index contributed by atoms with van der Waals surface area (Å²) in [6.07, 6.45) is 0.900. The Morgan fingerprint density at radius 3 is 2.41 bits per heavy atom. The molecule has 2 N–H and O–H groups in total. The number of carbonyl (C=O) groups is 2. The minimum Gasteiger partial charge on any atom is -0.497 e. The van der Waals surface area contributed by atoms with E-state index in [1.807, 2.05) is 38.1 Å². The van der Waals surface area contributed by atoms with E-state index in [4.69, 9.17) is 16.3 Å². The summed E-state index contributed by atoms with van der Waals surface area (Å²) in [6, 6.07) is 13.8. The van der Waals surface area contributed by atoms with Crippen LogP contribution in [0.2, 0.25) is 5.02 Å². The van der Waals surface area contributed by atoms with Crippen molar-refractivity contribution in [1.82, 2.24) is 15.5 Å². The maximum absolute atomic E-state index is 13.0. The Kier molecular flexibility index (Phi) is 8.19. The maximum atomic E-state index is 13.0. The van der Waals surface area contributed by atoms with Crippen LogP contribution in [0, 0.1) is 5.92 Å². The lowest BCUT2D eigenvalue weighted by Crippen LogP contribution is -2.48. The second kappa shape index (κ2) is 11.1.